The number of unbranched alkanes of at least 4 members (excludes halogenated alkanes) is 42. The average Bonchev–Trinajstić information content (AvgIpc) is 0.977. The lowest BCUT2D eigenvalue weighted by Crippen LogP contribution is -2.30. The molecular weight excluding hydrogens is 1290 g/mol. The Balaban J connectivity index is 5.20. The summed E-state index contributed by atoms with van der Waals surface area (Å²) in [6.07, 6.45) is 55.7. The number of aliphatic hydroxyl groups excluding tert-OH is 1. The van der Waals surface area contributed by atoms with E-state index < -0.39 is 97.5 Å². The first-order valence-corrected chi connectivity index (χ1v) is 44.2. The van der Waals surface area contributed by atoms with E-state index in [9.17, 15) is 43.2 Å². The molecule has 0 aliphatic carbocycles. The molecule has 17 nitrogen and oxygen atoms in total. The summed E-state index contributed by atoms with van der Waals surface area (Å²) in [5.74, 6) is 0.969. The molecule has 19 heteroatoms. The van der Waals surface area contributed by atoms with Crippen LogP contribution < -0.4 is 0 Å². The Hall–Kier alpha value is -1.94. The molecule has 0 bridgehead atoms. The summed E-state index contributed by atoms with van der Waals surface area (Å²) in [6.45, 7) is 14.2. The van der Waals surface area contributed by atoms with Crippen LogP contribution in [0.4, 0.5) is 0 Å². The van der Waals surface area contributed by atoms with Crippen LogP contribution in [0.5, 0.6) is 0 Å². The first-order valence-electron chi connectivity index (χ1n) is 41.2. The highest BCUT2D eigenvalue weighted by molar-refractivity contribution is 7.47. The molecule has 0 saturated heterocycles. The molecule has 0 aromatic heterocycles. The zero-order valence-corrected chi connectivity index (χ0v) is 66.9. The first-order chi connectivity index (χ1) is 47.6. The monoisotopic (exact) mass is 1450 g/mol. The number of rotatable bonds is 77. The van der Waals surface area contributed by atoms with E-state index in [1.54, 1.807) is 0 Å². The van der Waals surface area contributed by atoms with E-state index in [-0.39, 0.29) is 25.7 Å². The maximum Gasteiger partial charge on any atom is 0.472 e. The highest BCUT2D eigenvalue weighted by atomic mass is 31.2. The van der Waals surface area contributed by atoms with Crippen LogP contribution in [0.1, 0.15) is 409 Å². The smallest absolute Gasteiger partial charge is 0.462 e. The Kier molecular flexibility index (Phi) is 67.8. The summed E-state index contributed by atoms with van der Waals surface area (Å²) in [7, 11) is -9.92. The fourth-order valence-corrected chi connectivity index (χ4v) is 13.8. The van der Waals surface area contributed by atoms with Gasteiger partial charge in [-0.3, -0.25) is 37.3 Å². The topological polar surface area (TPSA) is 237 Å². The fraction of sp³-hybridized carbons (Fsp3) is 0.950. The Bertz CT molecular complexity index is 1940. The highest BCUT2D eigenvalue weighted by Gasteiger charge is 2.30. The Morgan fingerprint density at radius 3 is 0.717 bits per heavy atom. The predicted molar refractivity (Wildman–Crippen MR) is 404 cm³/mol. The van der Waals surface area contributed by atoms with Crippen molar-refractivity contribution in [2.24, 2.45) is 23.7 Å². The van der Waals surface area contributed by atoms with Crippen LogP contribution in [-0.4, -0.2) is 96.7 Å². The van der Waals surface area contributed by atoms with Gasteiger partial charge in [-0.15, -0.1) is 0 Å². The molecule has 0 aromatic rings. The standard InChI is InChI=1S/C80H156O17P2/c1-9-73(8)59-51-43-34-28-22-16-14-12-10-11-13-15-17-23-30-36-46-54-62-79(84)96-75(66-90-77(82)60-52-44-35-29-24-18-20-26-32-40-48-56-70(2)3)68-94-98(86,87)92-64-74(81)65-93-99(88,89)95-69-76(67-91-78(83)61-53-45-39-38-42-50-58-72(6)7)97-80(85)63-55-47-37-31-25-19-21-27-33-41-49-57-71(4)5/h70-76,81H,9-69H2,1-8H3,(H,86,87)(H,88,89)/t73?,74-,75-,76-/m1/s1. The molecule has 0 rings (SSSR count). The number of carbonyl (C=O) groups excluding carboxylic acids is 4. The van der Waals surface area contributed by atoms with Crippen molar-refractivity contribution in [1.82, 2.24) is 0 Å². The molecule has 6 atom stereocenters. The minimum atomic E-state index is -4.96. The Morgan fingerprint density at radius 1 is 0.283 bits per heavy atom. The summed E-state index contributed by atoms with van der Waals surface area (Å²) in [6, 6.07) is 0. The highest BCUT2D eigenvalue weighted by Crippen LogP contribution is 2.45. The van der Waals surface area contributed by atoms with Gasteiger partial charge in [-0.2, -0.15) is 0 Å². The summed E-state index contributed by atoms with van der Waals surface area (Å²) in [5, 5.41) is 10.6. The van der Waals surface area contributed by atoms with Gasteiger partial charge in [-0.1, -0.05) is 357 Å². The molecule has 0 amide bonds. The minimum absolute atomic E-state index is 0.105. The number of phosphoric ester groups is 2. The van der Waals surface area contributed by atoms with Crippen molar-refractivity contribution >= 4 is 39.5 Å². The SMILES string of the molecule is CCC(C)CCCCCCCCCCCCCCCCCCCCC(=O)O[C@H](COC(=O)CCCCCCCCCCCCCC(C)C)COP(=O)(O)OC[C@@H](O)COP(=O)(O)OC[C@@H](COC(=O)CCCCCCCCC(C)C)OC(=O)CCCCCCCCCCCCCC(C)C. The molecule has 3 N–H and O–H groups in total. The number of hydrogen-bond donors (Lipinski definition) is 3. The zero-order valence-electron chi connectivity index (χ0n) is 65.1. The van der Waals surface area contributed by atoms with Crippen molar-refractivity contribution in [3.63, 3.8) is 0 Å². The molecule has 0 fully saturated rings. The molecule has 3 unspecified atom stereocenters. The van der Waals surface area contributed by atoms with Gasteiger partial charge in [-0.25, -0.2) is 9.13 Å². The molecule has 588 valence electrons. The van der Waals surface area contributed by atoms with Crippen LogP contribution in [0, 0.1) is 23.7 Å². The molecule has 0 saturated carbocycles. The van der Waals surface area contributed by atoms with Gasteiger partial charge in [0.1, 0.15) is 19.3 Å². The summed E-state index contributed by atoms with van der Waals surface area (Å²) in [5.41, 5.74) is 0. The molecule has 99 heavy (non-hydrogen) atoms. The molecule has 0 radical (unpaired) electrons. The lowest BCUT2D eigenvalue weighted by Gasteiger charge is -2.21. The first kappa shape index (κ1) is 97.1. The number of phosphoric acid groups is 2. The second kappa shape index (κ2) is 69.1. The van der Waals surface area contributed by atoms with Crippen molar-refractivity contribution in [3.8, 4) is 0 Å². The van der Waals surface area contributed by atoms with Crippen LogP contribution in [0.15, 0.2) is 0 Å². The van der Waals surface area contributed by atoms with Gasteiger partial charge in [0.05, 0.1) is 26.4 Å². The maximum atomic E-state index is 13.1. The van der Waals surface area contributed by atoms with E-state index in [4.69, 9.17) is 37.0 Å². The van der Waals surface area contributed by atoms with E-state index >= 15 is 0 Å². The van der Waals surface area contributed by atoms with Crippen molar-refractivity contribution in [3.05, 3.63) is 0 Å². The van der Waals surface area contributed by atoms with Gasteiger partial charge in [-0.05, 0) is 49.4 Å². The number of carbonyl (C=O) groups is 4. The molecule has 0 aromatic carbocycles. The van der Waals surface area contributed by atoms with Gasteiger partial charge < -0.3 is 33.8 Å². The molecule has 0 heterocycles. The molecule has 0 aliphatic rings. The average molecular weight is 1450 g/mol. The molecule has 0 spiro atoms. The summed E-state index contributed by atoms with van der Waals surface area (Å²) >= 11 is 0. The number of esters is 4. The van der Waals surface area contributed by atoms with Crippen molar-refractivity contribution in [2.75, 3.05) is 39.6 Å². The Labute approximate surface area is 607 Å². The van der Waals surface area contributed by atoms with Crippen LogP contribution in [0.3, 0.4) is 0 Å². The van der Waals surface area contributed by atoms with Crippen molar-refractivity contribution < 1.29 is 80.2 Å². The lowest BCUT2D eigenvalue weighted by atomic mass is 9.99. The third-order valence-electron chi connectivity index (χ3n) is 18.9. The third-order valence-corrected chi connectivity index (χ3v) is 20.8. The van der Waals surface area contributed by atoms with Gasteiger partial charge in [0.15, 0.2) is 12.2 Å². The normalized spacial score (nSPS) is 14.3. The largest absolute Gasteiger partial charge is 0.472 e. The van der Waals surface area contributed by atoms with Gasteiger partial charge >= 0.3 is 39.5 Å². The number of aliphatic hydroxyl groups is 1. The third kappa shape index (κ3) is 72.8. The van der Waals surface area contributed by atoms with E-state index in [2.05, 4.69) is 55.4 Å². The van der Waals surface area contributed by atoms with Gasteiger partial charge in [0, 0.05) is 25.7 Å². The summed E-state index contributed by atoms with van der Waals surface area (Å²) < 4.78 is 68.6. The predicted octanol–water partition coefficient (Wildman–Crippen LogP) is 23.6. The lowest BCUT2D eigenvalue weighted by molar-refractivity contribution is -0.161. The van der Waals surface area contributed by atoms with Crippen LogP contribution in [-0.2, 0) is 65.4 Å². The second-order valence-corrected chi connectivity index (χ2v) is 33.4. The van der Waals surface area contributed by atoms with Crippen LogP contribution in [0.25, 0.3) is 0 Å². The summed E-state index contributed by atoms with van der Waals surface area (Å²) in [4.78, 5) is 72.9. The van der Waals surface area contributed by atoms with E-state index in [0.717, 1.165) is 114 Å². The molecule has 0 aliphatic heterocycles. The zero-order chi connectivity index (χ0) is 73.1. The Morgan fingerprint density at radius 2 is 0.485 bits per heavy atom. The van der Waals surface area contributed by atoms with E-state index in [1.165, 1.54) is 205 Å². The quantitative estimate of drug-likeness (QED) is 0.0222. The van der Waals surface area contributed by atoms with Gasteiger partial charge in [0.25, 0.3) is 0 Å². The number of ether oxygens (including phenoxy) is 4. The number of hydrogen-bond acceptors (Lipinski definition) is 15. The van der Waals surface area contributed by atoms with Gasteiger partial charge in [0.2, 0.25) is 0 Å². The maximum absolute atomic E-state index is 13.1. The van der Waals surface area contributed by atoms with Crippen molar-refractivity contribution in [1.29, 1.82) is 0 Å². The second-order valence-electron chi connectivity index (χ2n) is 30.5. The fourth-order valence-electron chi connectivity index (χ4n) is 12.2. The van der Waals surface area contributed by atoms with Crippen molar-refractivity contribution in [2.45, 2.75) is 427 Å². The molecular formula is C80H156O17P2. The van der Waals surface area contributed by atoms with E-state index in [0.29, 0.717) is 31.6 Å². The van der Waals surface area contributed by atoms with Crippen LogP contribution >= 0.6 is 15.6 Å². The minimum Gasteiger partial charge on any atom is -0.462 e. The van der Waals surface area contributed by atoms with E-state index in [1.807, 2.05) is 0 Å². The van der Waals surface area contributed by atoms with Crippen LogP contribution in [0.2, 0.25) is 0 Å².